The summed E-state index contributed by atoms with van der Waals surface area (Å²) >= 11 is 0. The molecule has 0 spiro atoms. The van der Waals surface area contributed by atoms with Crippen molar-refractivity contribution in [2.75, 3.05) is 0 Å². The quantitative estimate of drug-likeness (QED) is 0.437. The summed E-state index contributed by atoms with van der Waals surface area (Å²) in [6.45, 7) is 5.28. The van der Waals surface area contributed by atoms with Crippen molar-refractivity contribution < 1.29 is 19.1 Å². The number of carbonyl (C=O) groups excluding carboxylic acids is 2. The molecule has 0 unspecified atom stereocenters. The first kappa shape index (κ1) is 17.9. The van der Waals surface area contributed by atoms with Crippen LogP contribution >= 0.6 is 0 Å². The Bertz CT molecular complexity index is 802. The first-order valence-electron chi connectivity index (χ1n) is 7.69. The van der Waals surface area contributed by atoms with Crippen LogP contribution in [0.1, 0.15) is 27.6 Å². The number of rotatable bonds is 6. The van der Waals surface area contributed by atoms with Crippen LogP contribution in [-0.4, -0.2) is 11.9 Å². The molecule has 0 radical (unpaired) electrons. The van der Waals surface area contributed by atoms with E-state index in [1.807, 2.05) is 0 Å². The monoisotopic (exact) mass is 334 g/mol. The Hall–Kier alpha value is -3.40. The van der Waals surface area contributed by atoms with E-state index in [9.17, 15) is 9.59 Å². The maximum atomic E-state index is 12.2. The Morgan fingerprint density at radius 3 is 1.64 bits per heavy atom. The molecule has 0 saturated heterocycles. The Morgan fingerprint density at radius 1 is 0.800 bits per heavy atom. The molecule has 0 fully saturated rings. The molecule has 2 rings (SSSR count). The van der Waals surface area contributed by atoms with Crippen LogP contribution in [0, 0.1) is 0 Å². The van der Waals surface area contributed by atoms with Crippen molar-refractivity contribution in [3.8, 4) is 0 Å². The lowest BCUT2D eigenvalue weighted by molar-refractivity contribution is 0.0518. The molecule has 4 heteroatoms. The second-order valence-electron chi connectivity index (χ2n) is 4.93. The molecule has 4 nitrogen and oxygen atoms in total. The molecule has 0 aliphatic heterocycles. The fraction of sp³-hybridized carbons (Fsp3) is 0.0476. The van der Waals surface area contributed by atoms with Gasteiger partial charge in [0, 0.05) is 0 Å². The summed E-state index contributed by atoms with van der Waals surface area (Å²) in [6, 6.07) is 17.1. The molecule has 0 aromatic heterocycles. The molecular weight excluding hydrogens is 316 g/mol. The number of esters is 2. The van der Waals surface area contributed by atoms with Crippen LogP contribution in [0.4, 0.5) is 0 Å². The molecule has 25 heavy (non-hydrogen) atoms. The number of carbonyl (C=O) groups is 2. The minimum atomic E-state index is -0.552. The Balaban J connectivity index is 2.17. The van der Waals surface area contributed by atoms with Gasteiger partial charge in [0.2, 0.25) is 0 Å². The van der Waals surface area contributed by atoms with Crippen molar-refractivity contribution in [1.29, 1.82) is 0 Å². The molecule has 126 valence electrons. The first-order chi connectivity index (χ1) is 12.2. The summed E-state index contributed by atoms with van der Waals surface area (Å²) in [4.78, 5) is 24.5. The average molecular weight is 334 g/mol. The zero-order valence-corrected chi connectivity index (χ0v) is 13.8. The topological polar surface area (TPSA) is 52.6 Å². The van der Waals surface area contributed by atoms with Gasteiger partial charge in [-0.15, -0.1) is 0 Å². The van der Waals surface area contributed by atoms with E-state index in [4.69, 9.17) is 9.47 Å². The predicted molar refractivity (Wildman–Crippen MR) is 95.8 cm³/mol. The third-order valence-electron chi connectivity index (χ3n) is 3.20. The van der Waals surface area contributed by atoms with E-state index in [1.165, 1.54) is 12.2 Å². The van der Waals surface area contributed by atoms with Gasteiger partial charge >= 0.3 is 11.9 Å². The molecule has 0 heterocycles. The molecule has 2 aromatic carbocycles. The van der Waals surface area contributed by atoms with Gasteiger partial charge in [-0.2, -0.15) is 0 Å². The maximum absolute atomic E-state index is 12.2. The summed E-state index contributed by atoms with van der Waals surface area (Å²) < 4.78 is 10.7. The number of benzene rings is 2. The predicted octanol–water partition coefficient (Wildman–Crippen LogP) is 4.67. The second-order valence-corrected chi connectivity index (χ2v) is 4.93. The van der Waals surface area contributed by atoms with Gasteiger partial charge < -0.3 is 9.47 Å². The van der Waals surface area contributed by atoms with Crippen LogP contribution in [0.3, 0.4) is 0 Å². The van der Waals surface area contributed by atoms with Crippen molar-refractivity contribution in [2.24, 2.45) is 0 Å². The third-order valence-corrected chi connectivity index (χ3v) is 3.20. The van der Waals surface area contributed by atoms with Crippen molar-refractivity contribution in [3.63, 3.8) is 0 Å². The van der Waals surface area contributed by atoms with Gasteiger partial charge in [0.15, 0.2) is 11.5 Å². The lowest BCUT2D eigenvalue weighted by Gasteiger charge is -2.12. The Kier molecular flexibility index (Phi) is 6.48. The highest BCUT2D eigenvalue weighted by atomic mass is 16.6. The van der Waals surface area contributed by atoms with Crippen LogP contribution in [-0.2, 0) is 9.47 Å². The summed E-state index contributed by atoms with van der Waals surface area (Å²) in [7, 11) is 0. The van der Waals surface area contributed by atoms with Crippen molar-refractivity contribution in [3.05, 3.63) is 108 Å². The van der Waals surface area contributed by atoms with E-state index in [0.29, 0.717) is 11.1 Å². The van der Waals surface area contributed by atoms with Crippen molar-refractivity contribution >= 4 is 11.9 Å². The van der Waals surface area contributed by atoms with E-state index in [1.54, 1.807) is 73.7 Å². The van der Waals surface area contributed by atoms with Gasteiger partial charge in [-0.25, -0.2) is 9.59 Å². The average Bonchev–Trinajstić information content (AvgIpc) is 2.67. The van der Waals surface area contributed by atoms with Gasteiger partial charge in [-0.05, 0) is 43.3 Å². The van der Waals surface area contributed by atoms with E-state index >= 15 is 0 Å². The Morgan fingerprint density at radius 2 is 1.24 bits per heavy atom. The van der Waals surface area contributed by atoms with Crippen LogP contribution in [0.2, 0.25) is 0 Å². The fourth-order valence-corrected chi connectivity index (χ4v) is 1.99. The van der Waals surface area contributed by atoms with Crippen molar-refractivity contribution in [1.82, 2.24) is 0 Å². The van der Waals surface area contributed by atoms with E-state index in [-0.39, 0.29) is 11.5 Å². The van der Waals surface area contributed by atoms with Crippen LogP contribution in [0.15, 0.2) is 97.0 Å². The maximum Gasteiger partial charge on any atom is 0.343 e. The van der Waals surface area contributed by atoms with E-state index < -0.39 is 11.9 Å². The number of hydrogen-bond donors (Lipinski definition) is 0. The number of hydrogen-bond acceptors (Lipinski definition) is 4. The normalized spacial score (nSPS) is 11.6. The van der Waals surface area contributed by atoms with Gasteiger partial charge in [-0.3, -0.25) is 0 Å². The van der Waals surface area contributed by atoms with Gasteiger partial charge in [0.25, 0.3) is 0 Å². The molecule has 2 aromatic rings. The lowest BCUT2D eigenvalue weighted by Crippen LogP contribution is -2.11. The molecule has 0 amide bonds. The molecule has 0 saturated carbocycles. The molecule has 0 aliphatic carbocycles. The zero-order chi connectivity index (χ0) is 18.1. The van der Waals surface area contributed by atoms with Gasteiger partial charge in [0.05, 0.1) is 11.1 Å². The van der Waals surface area contributed by atoms with Gasteiger partial charge in [0.1, 0.15) is 0 Å². The highest BCUT2D eigenvalue weighted by Crippen LogP contribution is 2.18. The van der Waals surface area contributed by atoms with Gasteiger partial charge in [-0.1, -0.05) is 49.1 Å². The Labute approximate surface area is 146 Å². The van der Waals surface area contributed by atoms with Crippen LogP contribution < -0.4 is 0 Å². The number of allylic oxidation sites excluding steroid dienone is 3. The zero-order valence-electron chi connectivity index (χ0n) is 13.8. The first-order valence-corrected chi connectivity index (χ1v) is 7.69. The van der Waals surface area contributed by atoms with Crippen LogP contribution in [0.5, 0.6) is 0 Å². The number of ether oxygens (including phenoxy) is 2. The standard InChI is InChI=1S/C21H18O4/c1-3-11-19(25-21(23)17-14-9-6-10-15-17)18(4-2)24-20(22)16-12-7-5-8-13-16/h3-15H,1H2,2H3/b18-4+,19-11+. The molecule has 0 aliphatic rings. The summed E-state index contributed by atoms with van der Waals surface area (Å²) in [5.74, 6) is -0.850. The lowest BCUT2D eigenvalue weighted by atomic mass is 10.2. The van der Waals surface area contributed by atoms with Crippen molar-refractivity contribution in [2.45, 2.75) is 6.92 Å². The SMILES string of the molecule is C=C/C=C(OC(=O)c1ccccc1)\C(=C/C)OC(=O)c1ccccc1. The largest absolute Gasteiger partial charge is 0.419 e. The highest BCUT2D eigenvalue weighted by Gasteiger charge is 2.17. The summed E-state index contributed by atoms with van der Waals surface area (Å²) in [5, 5.41) is 0. The third kappa shape index (κ3) is 5.04. The minimum absolute atomic E-state index is 0.107. The second kappa shape index (κ2) is 9.03. The van der Waals surface area contributed by atoms with E-state index in [2.05, 4.69) is 6.58 Å². The molecule has 0 N–H and O–H groups in total. The summed E-state index contributed by atoms with van der Waals surface area (Å²) in [5.41, 5.74) is 0.788. The van der Waals surface area contributed by atoms with E-state index in [0.717, 1.165) is 0 Å². The summed E-state index contributed by atoms with van der Waals surface area (Å²) in [6.07, 6.45) is 4.47. The smallest absolute Gasteiger partial charge is 0.343 e. The molecule has 0 bridgehead atoms. The fourth-order valence-electron chi connectivity index (χ4n) is 1.99. The minimum Gasteiger partial charge on any atom is -0.419 e. The molecule has 0 atom stereocenters. The van der Waals surface area contributed by atoms with Crippen LogP contribution in [0.25, 0.3) is 0 Å². The highest BCUT2D eigenvalue weighted by molar-refractivity contribution is 5.91. The molecular formula is C21H18O4.